The third kappa shape index (κ3) is 2.79. The maximum atomic E-state index is 10.5. The molecule has 0 atom stereocenters. The minimum Gasteiger partial charge on any atom is -0.463 e. The molecule has 0 aromatic carbocycles. The lowest BCUT2D eigenvalue weighted by molar-refractivity contribution is -0.286. The Balaban J connectivity index is 2.00. The first-order valence-electron chi connectivity index (χ1n) is 4.05. The quantitative estimate of drug-likeness (QED) is 0.361. The van der Waals surface area contributed by atoms with Gasteiger partial charge in [0.05, 0.1) is 13.7 Å². The summed E-state index contributed by atoms with van der Waals surface area (Å²) in [6.45, 7) is 2.02. The van der Waals surface area contributed by atoms with Crippen molar-refractivity contribution in [1.82, 2.24) is 0 Å². The van der Waals surface area contributed by atoms with Crippen molar-refractivity contribution in [2.24, 2.45) is 5.92 Å². The fourth-order valence-electron chi connectivity index (χ4n) is 1.31. The van der Waals surface area contributed by atoms with Crippen molar-refractivity contribution in [3.8, 4) is 0 Å². The van der Waals surface area contributed by atoms with E-state index in [9.17, 15) is 4.79 Å². The minimum absolute atomic E-state index is 0.105. The van der Waals surface area contributed by atoms with Crippen LogP contribution >= 0.6 is 0 Å². The Morgan fingerprint density at radius 3 is 2.67 bits per heavy atom. The zero-order valence-corrected chi connectivity index (χ0v) is 7.41. The Morgan fingerprint density at radius 2 is 2.17 bits per heavy atom. The van der Waals surface area contributed by atoms with Gasteiger partial charge in [-0.2, -0.15) is 0 Å². The van der Waals surface area contributed by atoms with Crippen LogP contribution in [0.25, 0.3) is 0 Å². The number of carbonyl (C=O) groups excluding carboxylic acids is 1. The predicted molar refractivity (Wildman–Crippen MR) is 41.2 cm³/mol. The summed E-state index contributed by atoms with van der Waals surface area (Å²) in [7, 11) is 1.49. The van der Waals surface area contributed by atoms with Gasteiger partial charge in [0, 0.05) is 6.92 Å². The molecule has 1 aliphatic rings. The topological polar surface area (TPSA) is 44.8 Å². The zero-order valence-electron chi connectivity index (χ0n) is 7.41. The van der Waals surface area contributed by atoms with Crippen LogP contribution in [0.3, 0.4) is 0 Å². The molecular weight excluding hydrogens is 160 g/mol. The smallest absolute Gasteiger partial charge is 0.302 e. The van der Waals surface area contributed by atoms with Gasteiger partial charge in [0.25, 0.3) is 0 Å². The summed E-state index contributed by atoms with van der Waals surface area (Å²) in [5.74, 6) is 0.278. The second-order valence-electron chi connectivity index (χ2n) is 3.02. The van der Waals surface area contributed by atoms with Gasteiger partial charge in [-0.25, -0.2) is 9.78 Å². The molecule has 0 heterocycles. The van der Waals surface area contributed by atoms with E-state index in [-0.39, 0.29) is 12.1 Å². The largest absolute Gasteiger partial charge is 0.463 e. The predicted octanol–water partition coefficient (Wildman–Crippen LogP) is 0.906. The average Bonchev–Trinajstić information content (AvgIpc) is 1.93. The molecule has 0 aromatic rings. The first-order chi connectivity index (χ1) is 5.72. The van der Waals surface area contributed by atoms with Crippen LogP contribution in [0, 0.1) is 5.92 Å². The highest BCUT2D eigenvalue weighted by Gasteiger charge is 2.31. The molecule has 0 spiro atoms. The fourth-order valence-corrected chi connectivity index (χ4v) is 1.31. The number of esters is 1. The lowest BCUT2D eigenvalue weighted by Crippen LogP contribution is -2.35. The van der Waals surface area contributed by atoms with Gasteiger partial charge in [-0.1, -0.05) is 0 Å². The van der Waals surface area contributed by atoms with Crippen molar-refractivity contribution < 1.29 is 19.3 Å². The highest BCUT2D eigenvalue weighted by atomic mass is 17.2. The molecule has 70 valence electrons. The van der Waals surface area contributed by atoms with Crippen molar-refractivity contribution >= 4 is 5.97 Å². The molecule has 0 aromatic heterocycles. The summed E-state index contributed by atoms with van der Waals surface area (Å²) >= 11 is 0. The molecule has 0 aliphatic heterocycles. The van der Waals surface area contributed by atoms with Crippen molar-refractivity contribution in [3.63, 3.8) is 0 Å². The first-order valence-corrected chi connectivity index (χ1v) is 4.05. The summed E-state index contributed by atoms with van der Waals surface area (Å²) in [6, 6.07) is 0. The second kappa shape index (κ2) is 4.42. The molecule has 1 aliphatic carbocycles. The van der Waals surface area contributed by atoms with Gasteiger partial charge in [-0.05, 0) is 18.8 Å². The Kier molecular flexibility index (Phi) is 3.49. The molecule has 0 radical (unpaired) electrons. The van der Waals surface area contributed by atoms with Crippen LogP contribution in [-0.4, -0.2) is 25.8 Å². The summed E-state index contributed by atoms with van der Waals surface area (Å²) in [5, 5.41) is 0. The van der Waals surface area contributed by atoms with Gasteiger partial charge >= 0.3 is 5.97 Å². The molecule has 0 bridgehead atoms. The van der Waals surface area contributed by atoms with E-state index in [4.69, 9.17) is 9.62 Å². The summed E-state index contributed by atoms with van der Waals surface area (Å²) in [6.07, 6.45) is 1.89. The first kappa shape index (κ1) is 9.48. The molecule has 4 nitrogen and oxygen atoms in total. The van der Waals surface area contributed by atoms with E-state index < -0.39 is 0 Å². The Bertz CT molecular complexity index is 151. The van der Waals surface area contributed by atoms with E-state index >= 15 is 0 Å². The monoisotopic (exact) mass is 174 g/mol. The van der Waals surface area contributed by atoms with Gasteiger partial charge in [-0.3, -0.25) is 4.79 Å². The lowest BCUT2D eigenvalue weighted by Gasteiger charge is -2.33. The summed E-state index contributed by atoms with van der Waals surface area (Å²) in [5.41, 5.74) is 0. The second-order valence-corrected chi connectivity index (χ2v) is 3.02. The number of ether oxygens (including phenoxy) is 1. The molecule has 1 saturated carbocycles. The van der Waals surface area contributed by atoms with Crippen molar-refractivity contribution in [1.29, 1.82) is 0 Å². The molecule has 12 heavy (non-hydrogen) atoms. The number of hydrogen-bond donors (Lipinski definition) is 0. The molecule has 0 saturated heterocycles. The fraction of sp³-hybridized carbons (Fsp3) is 0.875. The molecule has 4 heteroatoms. The minimum atomic E-state index is -0.203. The van der Waals surface area contributed by atoms with Crippen LogP contribution in [0.1, 0.15) is 19.8 Å². The van der Waals surface area contributed by atoms with Crippen LogP contribution in [0.4, 0.5) is 0 Å². The molecule has 0 unspecified atom stereocenters. The van der Waals surface area contributed by atoms with Crippen LogP contribution < -0.4 is 0 Å². The van der Waals surface area contributed by atoms with Gasteiger partial charge in [0.15, 0.2) is 0 Å². The highest BCUT2D eigenvalue weighted by Crippen LogP contribution is 2.30. The van der Waals surface area contributed by atoms with Crippen molar-refractivity contribution in [2.45, 2.75) is 25.9 Å². The third-order valence-electron chi connectivity index (χ3n) is 1.95. The van der Waals surface area contributed by atoms with Gasteiger partial charge in [0.2, 0.25) is 0 Å². The molecule has 0 amide bonds. The molecule has 0 N–H and O–H groups in total. The number of carbonyl (C=O) groups is 1. The molecular formula is C8H14O4. The normalized spacial score (nSPS) is 27.8. The van der Waals surface area contributed by atoms with E-state index in [1.54, 1.807) is 0 Å². The van der Waals surface area contributed by atoms with Crippen LogP contribution in [-0.2, 0) is 19.3 Å². The van der Waals surface area contributed by atoms with Gasteiger partial charge in [0.1, 0.15) is 6.10 Å². The van der Waals surface area contributed by atoms with E-state index in [0.29, 0.717) is 12.5 Å². The Hall–Kier alpha value is -0.610. The van der Waals surface area contributed by atoms with Gasteiger partial charge in [-0.15, -0.1) is 0 Å². The van der Waals surface area contributed by atoms with Crippen LogP contribution in [0.2, 0.25) is 0 Å². The van der Waals surface area contributed by atoms with Crippen LogP contribution in [0.5, 0.6) is 0 Å². The Labute approximate surface area is 71.7 Å². The number of rotatable bonds is 4. The number of hydrogen-bond acceptors (Lipinski definition) is 4. The third-order valence-corrected chi connectivity index (χ3v) is 1.95. The van der Waals surface area contributed by atoms with Crippen molar-refractivity contribution in [2.75, 3.05) is 13.7 Å². The standard InChI is InChI=1S/C8H14O4/c1-6(9)12-8-3-7(4-8)5-11-10-2/h7-8H,3-5H2,1-2H3. The van der Waals surface area contributed by atoms with Crippen molar-refractivity contribution in [3.05, 3.63) is 0 Å². The SMILES string of the molecule is COOCC1CC(OC(C)=O)C1. The maximum Gasteiger partial charge on any atom is 0.302 e. The zero-order chi connectivity index (χ0) is 8.97. The van der Waals surface area contributed by atoms with E-state index in [0.717, 1.165) is 12.8 Å². The lowest BCUT2D eigenvalue weighted by atomic mass is 9.83. The highest BCUT2D eigenvalue weighted by molar-refractivity contribution is 5.66. The van der Waals surface area contributed by atoms with E-state index in [1.165, 1.54) is 14.0 Å². The van der Waals surface area contributed by atoms with Gasteiger partial charge < -0.3 is 4.74 Å². The van der Waals surface area contributed by atoms with Crippen LogP contribution in [0.15, 0.2) is 0 Å². The maximum absolute atomic E-state index is 10.5. The molecule has 1 fully saturated rings. The van der Waals surface area contributed by atoms with E-state index in [2.05, 4.69) is 4.89 Å². The summed E-state index contributed by atoms with van der Waals surface area (Å²) in [4.78, 5) is 19.7. The summed E-state index contributed by atoms with van der Waals surface area (Å²) < 4.78 is 4.96. The molecule has 1 rings (SSSR count). The van der Waals surface area contributed by atoms with E-state index in [1.807, 2.05) is 0 Å². The average molecular weight is 174 g/mol. The Morgan fingerprint density at radius 1 is 1.50 bits per heavy atom.